The second-order valence-electron chi connectivity index (χ2n) is 3.51. The first-order valence-corrected chi connectivity index (χ1v) is 6.23. The summed E-state index contributed by atoms with van der Waals surface area (Å²) in [5, 5.41) is 9.35. The molecule has 0 saturated carbocycles. The molecule has 6 nitrogen and oxygen atoms in total. The third-order valence-corrected chi connectivity index (χ3v) is 2.05. The van der Waals surface area contributed by atoms with Crippen LogP contribution in [0.1, 0.15) is 5.56 Å². The molecule has 110 valence electrons. The number of nitrogens with zero attached hydrogens (tertiary/aromatic N) is 1. The van der Waals surface area contributed by atoms with Gasteiger partial charge in [0.05, 0.1) is 5.56 Å². The zero-order valence-electron chi connectivity index (χ0n) is 9.53. The van der Waals surface area contributed by atoms with E-state index < -0.39 is 28.0 Å². The Morgan fingerprint density at radius 1 is 1.15 bits per heavy atom. The second-order valence-corrected chi connectivity index (χ2v) is 4.41. The molecule has 3 N–H and O–H groups in total. The molecule has 20 heavy (non-hydrogen) atoms. The van der Waals surface area contributed by atoms with Crippen LogP contribution in [0.3, 0.4) is 0 Å². The molecule has 10 heteroatoms. The van der Waals surface area contributed by atoms with Gasteiger partial charge in [-0.15, -0.1) is 0 Å². The number of aromatic hydroxyl groups is 1. The summed E-state index contributed by atoms with van der Waals surface area (Å²) in [5.41, 5.74) is -0.766. The molecule has 0 fully saturated rings. The maximum atomic E-state index is 12.5. The lowest BCUT2D eigenvalue weighted by Gasteiger charge is -2.09. The maximum Gasteiger partial charge on any atom is 0.417 e. The van der Waals surface area contributed by atoms with Crippen LogP contribution in [0, 0.1) is 0 Å². The average molecular weight is 311 g/mol. The summed E-state index contributed by atoms with van der Waals surface area (Å²) < 4.78 is 69.2. The minimum absolute atomic E-state index is 0.0440. The first-order chi connectivity index (χ1) is 8.98. The normalized spacial score (nSPS) is 11.8. The molecule has 0 atom stereocenters. The van der Waals surface area contributed by atoms with Crippen LogP contribution in [-0.4, -0.2) is 27.6 Å². The van der Waals surface area contributed by atoms with E-state index in [-0.39, 0.29) is 5.39 Å². The molecular weight excluding hydrogens is 303 g/mol. The molecule has 0 saturated heterocycles. The van der Waals surface area contributed by atoms with Gasteiger partial charge in [-0.3, -0.25) is 9.11 Å². The predicted molar refractivity (Wildman–Crippen MR) is 62.6 cm³/mol. The van der Waals surface area contributed by atoms with Gasteiger partial charge in [-0.1, -0.05) is 12.1 Å². The van der Waals surface area contributed by atoms with Gasteiger partial charge in [-0.2, -0.15) is 21.6 Å². The molecule has 0 aliphatic heterocycles. The Labute approximate surface area is 111 Å². The molecule has 2 rings (SSSR count). The van der Waals surface area contributed by atoms with E-state index in [1.54, 1.807) is 0 Å². The Hall–Kier alpha value is -1.91. The van der Waals surface area contributed by atoms with Gasteiger partial charge in [0.25, 0.3) is 0 Å². The van der Waals surface area contributed by atoms with E-state index in [2.05, 4.69) is 4.98 Å². The highest BCUT2D eigenvalue weighted by molar-refractivity contribution is 7.79. The van der Waals surface area contributed by atoms with E-state index in [0.717, 1.165) is 12.1 Å². The summed E-state index contributed by atoms with van der Waals surface area (Å²) in [6, 6.07) is 4.81. The Kier molecular flexibility index (Phi) is 4.53. The summed E-state index contributed by atoms with van der Waals surface area (Å²) in [7, 11) is -4.67. The number of alkyl halides is 3. The Morgan fingerprint density at radius 2 is 1.70 bits per heavy atom. The van der Waals surface area contributed by atoms with Gasteiger partial charge in [-0.25, -0.2) is 4.98 Å². The molecule has 2 aromatic rings. The number of aromatic nitrogens is 1. The van der Waals surface area contributed by atoms with Crippen LogP contribution in [0.25, 0.3) is 10.8 Å². The highest BCUT2D eigenvalue weighted by Crippen LogP contribution is 2.35. The number of pyridine rings is 1. The lowest BCUT2D eigenvalue weighted by atomic mass is 10.1. The summed E-state index contributed by atoms with van der Waals surface area (Å²) in [4.78, 5) is 3.52. The first kappa shape index (κ1) is 16.1. The van der Waals surface area contributed by atoms with Crippen LogP contribution in [0.15, 0.2) is 30.5 Å². The fraction of sp³-hybridized carbons (Fsp3) is 0.100. The van der Waals surface area contributed by atoms with Gasteiger partial charge in [-0.05, 0) is 6.07 Å². The van der Waals surface area contributed by atoms with Crippen molar-refractivity contribution in [1.29, 1.82) is 0 Å². The molecule has 1 heterocycles. The van der Waals surface area contributed by atoms with Gasteiger partial charge >= 0.3 is 16.6 Å². The molecule has 0 bridgehead atoms. The van der Waals surface area contributed by atoms with Crippen molar-refractivity contribution in [2.75, 3.05) is 0 Å². The largest absolute Gasteiger partial charge is 0.493 e. The number of rotatable bonds is 0. The molecule has 0 unspecified atom stereocenters. The van der Waals surface area contributed by atoms with Crippen LogP contribution in [0.4, 0.5) is 13.2 Å². The van der Waals surface area contributed by atoms with Crippen molar-refractivity contribution in [2.24, 2.45) is 0 Å². The Morgan fingerprint density at radius 3 is 2.20 bits per heavy atom. The van der Waals surface area contributed by atoms with Crippen molar-refractivity contribution < 1.29 is 35.8 Å². The highest BCUT2D eigenvalue weighted by Gasteiger charge is 2.32. The molecular formula is C10H8F3NO5S. The van der Waals surface area contributed by atoms with Crippen molar-refractivity contribution in [3.05, 3.63) is 36.0 Å². The molecule has 0 spiro atoms. The van der Waals surface area contributed by atoms with Crippen molar-refractivity contribution in [3.8, 4) is 5.88 Å². The number of benzene rings is 1. The zero-order valence-corrected chi connectivity index (χ0v) is 10.4. The predicted octanol–water partition coefficient (Wildman–Crippen LogP) is 2.31. The van der Waals surface area contributed by atoms with E-state index in [1.807, 2.05) is 0 Å². The fourth-order valence-electron chi connectivity index (χ4n) is 1.41. The number of hydrogen-bond acceptors (Lipinski definition) is 4. The van der Waals surface area contributed by atoms with Gasteiger partial charge in [0, 0.05) is 23.0 Å². The number of halogens is 3. The Bertz CT molecular complexity index is 706. The van der Waals surface area contributed by atoms with Crippen LogP contribution in [0.2, 0.25) is 0 Å². The first-order valence-electron chi connectivity index (χ1n) is 4.83. The van der Waals surface area contributed by atoms with Crippen molar-refractivity contribution in [3.63, 3.8) is 0 Å². The standard InChI is InChI=1S/C10H6F3NO.H2O4S/c11-10(12,13)8-3-1-2-6-5-14-9(15)4-7(6)8;1-5(2,3)4/h1-5H,(H,14,15);(H2,1,2,3,4). The van der Waals surface area contributed by atoms with Gasteiger partial charge in [0.15, 0.2) is 0 Å². The van der Waals surface area contributed by atoms with Crippen LogP contribution < -0.4 is 0 Å². The van der Waals surface area contributed by atoms with Crippen molar-refractivity contribution >= 4 is 21.2 Å². The van der Waals surface area contributed by atoms with E-state index >= 15 is 0 Å². The van der Waals surface area contributed by atoms with E-state index in [9.17, 15) is 13.2 Å². The van der Waals surface area contributed by atoms with Crippen LogP contribution in [-0.2, 0) is 16.6 Å². The van der Waals surface area contributed by atoms with Crippen molar-refractivity contribution in [2.45, 2.75) is 6.18 Å². The van der Waals surface area contributed by atoms with Crippen LogP contribution in [0.5, 0.6) is 5.88 Å². The molecule has 0 radical (unpaired) electrons. The molecule has 1 aromatic heterocycles. The van der Waals surface area contributed by atoms with E-state index in [4.69, 9.17) is 22.6 Å². The highest BCUT2D eigenvalue weighted by atomic mass is 32.3. The Balaban J connectivity index is 0.000000347. The third kappa shape index (κ3) is 4.99. The molecule has 0 amide bonds. The van der Waals surface area contributed by atoms with E-state index in [0.29, 0.717) is 5.39 Å². The lowest BCUT2D eigenvalue weighted by Crippen LogP contribution is -2.05. The molecule has 0 aliphatic carbocycles. The average Bonchev–Trinajstić information content (AvgIpc) is 2.24. The minimum atomic E-state index is -4.67. The quantitative estimate of drug-likeness (QED) is 0.644. The molecule has 1 aromatic carbocycles. The van der Waals surface area contributed by atoms with Gasteiger partial charge in [0.1, 0.15) is 0 Å². The number of hydrogen-bond donors (Lipinski definition) is 3. The summed E-state index contributed by atoms with van der Waals surface area (Å²) in [6.45, 7) is 0. The van der Waals surface area contributed by atoms with Crippen molar-refractivity contribution in [1.82, 2.24) is 4.98 Å². The topological polar surface area (TPSA) is 108 Å². The molecule has 0 aliphatic rings. The third-order valence-electron chi connectivity index (χ3n) is 2.05. The van der Waals surface area contributed by atoms with Crippen LogP contribution >= 0.6 is 0 Å². The van der Waals surface area contributed by atoms with Gasteiger partial charge in [0.2, 0.25) is 5.88 Å². The second kappa shape index (κ2) is 5.61. The fourth-order valence-corrected chi connectivity index (χ4v) is 1.41. The smallest absolute Gasteiger partial charge is 0.417 e. The lowest BCUT2D eigenvalue weighted by molar-refractivity contribution is -0.136. The maximum absolute atomic E-state index is 12.5. The summed E-state index contributed by atoms with van der Waals surface area (Å²) in [6.07, 6.45) is -3.22. The summed E-state index contributed by atoms with van der Waals surface area (Å²) >= 11 is 0. The number of fused-ring (bicyclic) bond motifs is 1. The summed E-state index contributed by atoms with van der Waals surface area (Å²) in [5.74, 6) is -0.417. The van der Waals surface area contributed by atoms with E-state index in [1.165, 1.54) is 18.3 Å². The van der Waals surface area contributed by atoms with Gasteiger partial charge < -0.3 is 5.11 Å². The zero-order chi connectivity index (χ0) is 15.6. The monoisotopic (exact) mass is 311 g/mol. The SMILES string of the molecule is O=S(=O)(O)O.Oc1cc2c(C(F)(F)F)cccc2cn1. The minimum Gasteiger partial charge on any atom is -0.493 e.